The third-order valence-corrected chi connectivity index (χ3v) is 3.03. The zero-order valence-corrected chi connectivity index (χ0v) is 10.6. The highest BCUT2D eigenvalue weighted by atomic mass is 16.6. The Bertz CT molecular complexity index is 498. The molecule has 0 atom stereocenters. The molecule has 1 aliphatic rings. The smallest absolute Gasteiger partial charge is 0.311 e. The molecular formula is C12H15N3O4. The number of nitro groups is 1. The van der Waals surface area contributed by atoms with Crippen molar-refractivity contribution in [2.45, 2.75) is 0 Å². The number of amides is 1. The molecule has 2 rings (SSSR count). The van der Waals surface area contributed by atoms with Crippen LogP contribution in [0.5, 0.6) is 5.75 Å². The number of nitro benzene ring substituents is 1. The molecule has 1 saturated heterocycles. The van der Waals surface area contributed by atoms with E-state index in [9.17, 15) is 14.9 Å². The molecule has 0 aromatic heterocycles. The number of benzene rings is 1. The van der Waals surface area contributed by atoms with Crippen LogP contribution >= 0.6 is 0 Å². The lowest BCUT2D eigenvalue weighted by Gasteiger charge is -2.27. The summed E-state index contributed by atoms with van der Waals surface area (Å²) in [7, 11) is 1.33. The minimum absolute atomic E-state index is 0.0241. The van der Waals surface area contributed by atoms with Gasteiger partial charge in [-0.15, -0.1) is 0 Å². The van der Waals surface area contributed by atoms with Crippen molar-refractivity contribution in [3.05, 3.63) is 33.9 Å². The zero-order valence-electron chi connectivity index (χ0n) is 10.6. The second-order valence-corrected chi connectivity index (χ2v) is 4.16. The molecule has 7 heteroatoms. The van der Waals surface area contributed by atoms with Crippen LogP contribution in [0.3, 0.4) is 0 Å². The van der Waals surface area contributed by atoms with Crippen LogP contribution in [0, 0.1) is 10.1 Å². The number of nitrogens with zero attached hydrogens (tertiary/aromatic N) is 2. The first kappa shape index (κ1) is 13.3. The van der Waals surface area contributed by atoms with Gasteiger partial charge in [-0.1, -0.05) is 6.07 Å². The van der Waals surface area contributed by atoms with E-state index in [0.717, 1.165) is 13.1 Å². The number of nitrogens with one attached hydrogen (secondary N) is 1. The van der Waals surface area contributed by atoms with Gasteiger partial charge in [-0.2, -0.15) is 0 Å². The van der Waals surface area contributed by atoms with E-state index in [4.69, 9.17) is 4.74 Å². The van der Waals surface area contributed by atoms with Crippen LogP contribution in [0.15, 0.2) is 18.2 Å². The van der Waals surface area contributed by atoms with Crippen LogP contribution in [-0.2, 0) is 0 Å². The lowest BCUT2D eigenvalue weighted by molar-refractivity contribution is -0.385. The number of hydrogen-bond donors (Lipinski definition) is 1. The maximum Gasteiger partial charge on any atom is 0.311 e. The van der Waals surface area contributed by atoms with Gasteiger partial charge in [-0.25, -0.2) is 0 Å². The molecule has 19 heavy (non-hydrogen) atoms. The third-order valence-electron chi connectivity index (χ3n) is 3.03. The highest BCUT2D eigenvalue weighted by Crippen LogP contribution is 2.31. The van der Waals surface area contributed by atoms with Crippen molar-refractivity contribution in [1.82, 2.24) is 10.2 Å². The fraction of sp³-hybridized carbons (Fsp3) is 0.417. The summed E-state index contributed by atoms with van der Waals surface area (Å²) in [5.41, 5.74) is 0.0436. The van der Waals surface area contributed by atoms with E-state index >= 15 is 0 Å². The van der Waals surface area contributed by atoms with Crippen molar-refractivity contribution in [1.29, 1.82) is 0 Å². The van der Waals surface area contributed by atoms with Gasteiger partial charge in [0.2, 0.25) is 5.75 Å². The van der Waals surface area contributed by atoms with Gasteiger partial charge >= 0.3 is 5.69 Å². The van der Waals surface area contributed by atoms with Gasteiger partial charge in [0.25, 0.3) is 5.91 Å². The predicted octanol–water partition coefficient (Wildman–Crippen LogP) is 0.649. The number of piperazine rings is 1. The Morgan fingerprint density at radius 1 is 1.42 bits per heavy atom. The first-order chi connectivity index (χ1) is 9.15. The molecule has 1 fully saturated rings. The number of carbonyl (C=O) groups is 1. The first-order valence-electron chi connectivity index (χ1n) is 5.96. The molecular weight excluding hydrogens is 250 g/mol. The Labute approximate surface area is 110 Å². The maximum atomic E-state index is 12.3. The fourth-order valence-corrected chi connectivity index (χ4v) is 2.09. The lowest BCUT2D eigenvalue weighted by Crippen LogP contribution is -2.46. The SMILES string of the molecule is COc1c(C(=O)N2CCNCC2)cccc1[N+](=O)[O-]. The second kappa shape index (κ2) is 5.66. The maximum absolute atomic E-state index is 12.3. The first-order valence-corrected chi connectivity index (χ1v) is 5.96. The molecule has 1 aliphatic heterocycles. The van der Waals surface area contributed by atoms with Gasteiger partial charge in [0.1, 0.15) is 0 Å². The highest BCUT2D eigenvalue weighted by Gasteiger charge is 2.26. The van der Waals surface area contributed by atoms with Gasteiger partial charge < -0.3 is 15.0 Å². The number of hydrogen-bond acceptors (Lipinski definition) is 5. The number of ether oxygens (including phenoxy) is 1. The minimum atomic E-state index is -0.548. The zero-order chi connectivity index (χ0) is 13.8. The minimum Gasteiger partial charge on any atom is -0.490 e. The lowest BCUT2D eigenvalue weighted by atomic mass is 10.1. The van der Waals surface area contributed by atoms with Crippen molar-refractivity contribution >= 4 is 11.6 Å². The number of rotatable bonds is 3. The monoisotopic (exact) mass is 265 g/mol. The summed E-state index contributed by atoms with van der Waals surface area (Å²) in [6.07, 6.45) is 0. The summed E-state index contributed by atoms with van der Waals surface area (Å²) in [4.78, 5) is 24.4. The van der Waals surface area contributed by atoms with Crippen LogP contribution < -0.4 is 10.1 Å². The third kappa shape index (κ3) is 2.65. The van der Waals surface area contributed by atoms with Crippen LogP contribution in [0.2, 0.25) is 0 Å². The Hall–Kier alpha value is -2.15. The van der Waals surface area contributed by atoms with Gasteiger partial charge in [-0.3, -0.25) is 14.9 Å². The molecule has 7 nitrogen and oxygen atoms in total. The molecule has 0 aliphatic carbocycles. The summed E-state index contributed by atoms with van der Waals surface area (Å²) < 4.78 is 5.04. The van der Waals surface area contributed by atoms with Crippen molar-refractivity contribution in [2.24, 2.45) is 0 Å². The normalized spacial score (nSPS) is 15.1. The summed E-state index contributed by atoms with van der Waals surface area (Å²) in [6, 6.07) is 4.37. The largest absolute Gasteiger partial charge is 0.490 e. The molecule has 0 bridgehead atoms. The summed E-state index contributed by atoms with van der Waals surface area (Å²) in [6.45, 7) is 2.63. The topological polar surface area (TPSA) is 84.7 Å². The molecule has 1 amide bonds. The van der Waals surface area contributed by atoms with Crippen molar-refractivity contribution in [3.8, 4) is 5.75 Å². The second-order valence-electron chi connectivity index (χ2n) is 4.16. The highest BCUT2D eigenvalue weighted by molar-refractivity contribution is 5.98. The van der Waals surface area contributed by atoms with Crippen LogP contribution in [0.4, 0.5) is 5.69 Å². The van der Waals surface area contributed by atoms with E-state index in [1.807, 2.05) is 0 Å². The van der Waals surface area contributed by atoms with Crippen LogP contribution in [0.25, 0.3) is 0 Å². The summed E-state index contributed by atoms with van der Waals surface area (Å²) >= 11 is 0. The van der Waals surface area contributed by atoms with E-state index in [1.165, 1.54) is 19.2 Å². The average Bonchev–Trinajstić information content (AvgIpc) is 2.46. The Kier molecular flexibility index (Phi) is 3.96. The summed E-state index contributed by atoms with van der Waals surface area (Å²) in [5.74, 6) is -0.210. The molecule has 1 aromatic rings. The van der Waals surface area contributed by atoms with Gasteiger partial charge in [-0.05, 0) is 6.07 Å². The van der Waals surface area contributed by atoms with Crippen molar-refractivity contribution < 1.29 is 14.5 Å². The van der Waals surface area contributed by atoms with E-state index in [2.05, 4.69) is 5.32 Å². The quantitative estimate of drug-likeness (QED) is 0.640. The van der Waals surface area contributed by atoms with Gasteiger partial charge in [0.15, 0.2) is 0 Å². The molecule has 1 aromatic carbocycles. The molecule has 1 heterocycles. The van der Waals surface area contributed by atoms with Crippen LogP contribution in [0.1, 0.15) is 10.4 Å². The molecule has 0 unspecified atom stereocenters. The van der Waals surface area contributed by atoms with E-state index in [-0.39, 0.29) is 22.9 Å². The van der Waals surface area contributed by atoms with Crippen molar-refractivity contribution in [3.63, 3.8) is 0 Å². The molecule has 0 spiro atoms. The van der Waals surface area contributed by atoms with Gasteiger partial charge in [0, 0.05) is 32.2 Å². The Morgan fingerprint density at radius 2 is 2.11 bits per heavy atom. The number of methoxy groups -OCH3 is 1. The standard InChI is InChI=1S/C12H15N3O4/c1-19-11-9(3-2-4-10(11)15(17)18)12(16)14-7-5-13-6-8-14/h2-4,13H,5-8H2,1H3. The summed E-state index contributed by atoms with van der Waals surface area (Å²) in [5, 5.41) is 14.1. The van der Waals surface area contributed by atoms with Gasteiger partial charge in [0.05, 0.1) is 17.6 Å². The molecule has 0 radical (unpaired) electrons. The molecule has 0 saturated carbocycles. The van der Waals surface area contributed by atoms with E-state index in [0.29, 0.717) is 13.1 Å². The van der Waals surface area contributed by atoms with Crippen LogP contribution in [-0.4, -0.2) is 49.0 Å². The van der Waals surface area contributed by atoms with Crippen molar-refractivity contribution in [2.75, 3.05) is 33.3 Å². The Balaban J connectivity index is 2.35. The molecule has 102 valence electrons. The molecule has 1 N–H and O–H groups in total. The van der Waals surface area contributed by atoms with E-state index in [1.54, 1.807) is 11.0 Å². The fourth-order valence-electron chi connectivity index (χ4n) is 2.09. The predicted molar refractivity (Wildman–Crippen MR) is 68.4 cm³/mol. The average molecular weight is 265 g/mol. The Morgan fingerprint density at radius 3 is 2.68 bits per heavy atom. The number of carbonyl (C=O) groups excluding carboxylic acids is 1. The van der Waals surface area contributed by atoms with E-state index < -0.39 is 4.92 Å². The number of para-hydroxylation sites is 1.